The molecule has 0 heterocycles. The van der Waals surface area contributed by atoms with Gasteiger partial charge in [0.05, 0.1) is 13.2 Å². The number of aliphatic hydroxyl groups excluding tert-OH is 6. The van der Waals surface area contributed by atoms with E-state index in [0.29, 0.717) is 0 Å². The average molecular weight is 303 g/mol. The molecule has 0 radical (unpaired) electrons. The van der Waals surface area contributed by atoms with Crippen LogP contribution in [0.25, 0.3) is 0 Å². The fraction of sp³-hybridized carbons (Fsp3) is 0.889. The number of carboxylic acids is 1. The molecule has 0 amide bonds. The summed E-state index contributed by atoms with van der Waals surface area (Å²) in [5.74, 6) is -0.815. The lowest BCUT2D eigenvalue weighted by Crippen LogP contribution is -2.46. The van der Waals surface area contributed by atoms with Crippen LogP contribution < -0.4 is 5.73 Å². The molecule has 10 heteroatoms. The topological polar surface area (TPSA) is 185 Å². The normalized spacial score (nSPS) is 18.5. The highest BCUT2D eigenvalue weighted by Gasteiger charge is 2.29. The first-order valence-electron chi connectivity index (χ1n) is 5.26. The molecule has 0 spiro atoms. The third-order valence-electron chi connectivity index (χ3n) is 2.03. The van der Waals surface area contributed by atoms with E-state index in [1.807, 2.05) is 0 Å². The van der Waals surface area contributed by atoms with Crippen LogP contribution in [-0.4, -0.2) is 91.1 Å². The van der Waals surface area contributed by atoms with E-state index in [9.17, 15) is 4.79 Å². The van der Waals surface area contributed by atoms with Gasteiger partial charge in [0.2, 0.25) is 0 Å². The quantitative estimate of drug-likeness (QED) is 0.210. The molecule has 0 fully saturated rings. The molecule has 0 rings (SSSR count). The van der Waals surface area contributed by atoms with Gasteiger partial charge in [0.25, 0.3) is 0 Å². The molecular weight excluding hydrogens is 282 g/mol. The molecule has 0 aliphatic heterocycles. The summed E-state index contributed by atoms with van der Waals surface area (Å²) in [6.45, 7) is -1.45. The van der Waals surface area contributed by atoms with Crippen LogP contribution in [0.15, 0.2) is 0 Å². The van der Waals surface area contributed by atoms with Crippen LogP contribution in [0, 0.1) is 0 Å². The molecule has 0 bridgehead atoms. The van der Waals surface area contributed by atoms with Crippen molar-refractivity contribution >= 4 is 18.6 Å². The zero-order chi connectivity index (χ0) is 15.6. The first kappa shape index (κ1) is 20.8. The van der Waals surface area contributed by atoms with E-state index in [4.69, 9.17) is 41.5 Å². The summed E-state index contributed by atoms with van der Waals surface area (Å²) in [5, 5.41) is 60.2. The smallest absolute Gasteiger partial charge is 0.321 e. The van der Waals surface area contributed by atoms with Gasteiger partial charge in [-0.1, -0.05) is 0 Å². The number of carboxylic acid groups (broad SMARTS) is 1. The van der Waals surface area contributed by atoms with Crippen molar-refractivity contribution in [1.82, 2.24) is 0 Å². The lowest BCUT2D eigenvalue weighted by atomic mass is 10.0. The van der Waals surface area contributed by atoms with E-state index in [1.54, 1.807) is 0 Å². The van der Waals surface area contributed by atoms with Gasteiger partial charge in [0, 0.05) is 5.75 Å². The number of thiol groups is 1. The molecule has 19 heavy (non-hydrogen) atoms. The molecule has 0 aromatic heterocycles. The number of aliphatic hydroxyl groups is 6. The second-order valence-electron chi connectivity index (χ2n) is 3.61. The van der Waals surface area contributed by atoms with Crippen LogP contribution in [-0.2, 0) is 4.79 Å². The fourth-order valence-corrected chi connectivity index (χ4v) is 0.905. The van der Waals surface area contributed by atoms with E-state index in [0.717, 1.165) is 0 Å². The Balaban J connectivity index is 0. The van der Waals surface area contributed by atoms with Crippen molar-refractivity contribution in [2.24, 2.45) is 5.73 Å². The van der Waals surface area contributed by atoms with Gasteiger partial charge in [0.15, 0.2) is 0 Å². The lowest BCUT2D eigenvalue weighted by molar-refractivity contribution is -0.137. The highest BCUT2D eigenvalue weighted by atomic mass is 32.1. The Labute approximate surface area is 115 Å². The molecule has 1 unspecified atom stereocenters. The van der Waals surface area contributed by atoms with Gasteiger partial charge in [-0.2, -0.15) is 12.6 Å². The molecule has 9 N–H and O–H groups in total. The van der Waals surface area contributed by atoms with Gasteiger partial charge in [-0.3, -0.25) is 4.79 Å². The summed E-state index contributed by atoms with van der Waals surface area (Å²) in [7, 11) is 0. The SMILES string of the molecule is NC(CS)C(=O)O.OC[C@@H](O)[C@@H](O)[C@H](O)[C@H](O)CO. The fourth-order valence-electron chi connectivity index (χ4n) is 0.749. The van der Waals surface area contributed by atoms with E-state index < -0.39 is 49.6 Å². The van der Waals surface area contributed by atoms with Gasteiger partial charge < -0.3 is 41.5 Å². The molecule has 9 nitrogen and oxygen atoms in total. The van der Waals surface area contributed by atoms with E-state index in [2.05, 4.69) is 12.6 Å². The van der Waals surface area contributed by atoms with Crippen LogP contribution in [0.4, 0.5) is 0 Å². The second-order valence-corrected chi connectivity index (χ2v) is 3.97. The maximum absolute atomic E-state index is 9.76. The molecule has 0 aromatic rings. The van der Waals surface area contributed by atoms with Crippen LogP contribution in [0.3, 0.4) is 0 Å². The zero-order valence-corrected chi connectivity index (χ0v) is 11.0. The van der Waals surface area contributed by atoms with Crippen molar-refractivity contribution in [3.8, 4) is 0 Å². The Morgan fingerprint density at radius 3 is 1.42 bits per heavy atom. The summed E-state index contributed by atoms with van der Waals surface area (Å²) < 4.78 is 0. The van der Waals surface area contributed by atoms with Crippen molar-refractivity contribution in [3.05, 3.63) is 0 Å². The summed E-state index contributed by atoms with van der Waals surface area (Å²) in [6, 6.07) is -0.816. The summed E-state index contributed by atoms with van der Waals surface area (Å²) in [5.41, 5.74) is 4.94. The molecule has 0 aliphatic carbocycles. The third-order valence-corrected chi connectivity index (χ3v) is 2.42. The van der Waals surface area contributed by atoms with E-state index in [1.165, 1.54) is 0 Å². The third kappa shape index (κ3) is 9.13. The molecule has 0 aromatic carbocycles. The predicted molar refractivity (Wildman–Crippen MR) is 67.7 cm³/mol. The lowest BCUT2D eigenvalue weighted by Gasteiger charge is -2.24. The number of rotatable bonds is 7. The number of hydrogen-bond acceptors (Lipinski definition) is 9. The van der Waals surface area contributed by atoms with Crippen molar-refractivity contribution in [2.45, 2.75) is 30.5 Å². The van der Waals surface area contributed by atoms with Crippen LogP contribution in [0.2, 0.25) is 0 Å². The van der Waals surface area contributed by atoms with Crippen LogP contribution in [0.1, 0.15) is 0 Å². The van der Waals surface area contributed by atoms with Crippen LogP contribution >= 0.6 is 12.6 Å². The standard InChI is InChI=1S/C6H14O6.C3H7NO2S/c7-1-3(9)5(11)6(12)4(10)2-8;4-2(1-7)3(5)6/h3-12H,1-2H2;2,7H,1,4H2,(H,5,6)/t3-,4-,5-,6-;/m1./s1. The second kappa shape index (κ2) is 11.4. The van der Waals surface area contributed by atoms with Crippen molar-refractivity contribution in [2.75, 3.05) is 19.0 Å². The molecule has 0 aliphatic rings. The summed E-state index contributed by atoms with van der Waals surface area (Å²) in [4.78, 5) is 9.76. The van der Waals surface area contributed by atoms with E-state index in [-0.39, 0.29) is 5.75 Å². The van der Waals surface area contributed by atoms with Crippen molar-refractivity contribution in [1.29, 1.82) is 0 Å². The van der Waals surface area contributed by atoms with Gasteiger partial charge in [-0.25, -0.2) is 0 Å². The van der Waals surface area contributed by atoms with Gasteiger partial charge in [-0.05, 0) is 0 Å². The average Bonchev–Trinajstić information content (AvgIpc) is 2.43. The number of nitrogens with two attached hydrogens (primary N) is 1. The monoisotopic (exact) mass is 303 g/mol. The molecule has 116 valence electrons. The predicted octanol–water partition coefficient (Wildman–Crippen LogP) is -4.26. The summed E-state index contributed by atoms with van der Waals surface area (Å²) in [6.07, 6.45) is -6.39. The minimum Gasteiger partial charge on any atom is -0.480 e. The first-order chi connectivity index (χ1) is 8.72. The Bertz CT molecular complexity index is 230. The van der Waals surface area contributed by atoms with E-state index >= 15 is 0 Å². The van der Waals surface area contributed by atoms with Gasteiger partial charge in [0.1, 0.15) is 30.5 Å². The maximum Gasteiger partial charge on any atom is 0.321 e. The molecule has 0 saturated heterocycles. The van der Waals surface area contributed by atoms with Crippen LogP contribution in [0.5, 0.6) is 0 Å². The Morgan fingerprint density at radius 1 is 1.00 bits per heavy atom. The Hall–Kier alpha value is -0.460. The van der Waals surface area contributed by atoms with Crippen molar-refractivity contribution < 1.29 is 40.5 Å². The largest absolute Gasteiger partial charge is 0.480 e. The Kier molecular flexibility index (Phi) is 12.5. The maximum atomic E-state index is 9.76. The van der Waals surface area contributed by atoms with Gasteiger partial charge in [-0.15, -0.1) is 0 Å². The van der Waals surface area contributed by atoms with Crippen molar-refractivity contribution in [3.63, 3.8) is 0 Å². The number of carbonyl (C=O) groups is 1. The Morgan fingerprint density at radius 2 is 1.32 bits per heavy atom. The minimum absolute atomic E-state index is 0.190. The molecule has 5 atom stereocenters. The van der Waals surface area contributed by atoms with Gasteiger partial charge >= 0.3 is 5.97 Å². The molecular formula is C9H21NO8S. The summed E-state index contributed by atoms with van der Waals surface area (Å²) >= 11 is 3.65. The number of hydrogen-bond donors (Lipinski definition) is 9. The minimum atomic E-state index is -1.67. The molecule has 0 saturated carbocycles. The highest BCUT2D eigenvalue weighted by molar-refractivity contribution is 7.80. The first-order valence-corrected chi connectivity index (χ1v) is 5.89. The zero-order valence-electron chi connectivity index (χ0n) is 10.1. The number of aliphatic carboxylic acids is 1. The highest BCUT2D eigenvalue weighted by Crippen LogP contribution is 2.03.